The fraction of sp³-hybridized carbons (Fsp3) is 0.526. The van der Waals surface area contributed by atoms with Gasteiger partial charge in [-0.2, -0.15) is 5.10 Å². The Labute approximate surface area is 144 Å². The van der Waals surface area contributed by atoms with Crippen molar-refractivity contribution >= 4 is 0 Å². The lowest BCUT2D eigenvalue weighted by molar-refractivity contribution is 0.187. The Hall–Kier alpha value is -2.01. The van der Waals surface area contributed by atoms with E-state index in [1.54, 1.807) is 14.2 Å². The zero-order valence-corrected chi connectivity index (χ0v) is 14.9. The number of likely N-dealkylation sites (tertiary alicyclic amines) is 1. The molecular formula is C19H27N3O2. The third-order valence-corrected chi connectivity index (χ3v) is 4.74. The van der Waals surface area contributed by atoms with Gasteiger partial charge in [0.1, 0.15) is 11.5 Å². The van der Waals surface area contributed by atoms with Crippen LogP contribution in [-0.2, 0) is 13.6 Å². The summed E-state index contributed by atoms with van der Waals surface area (Å²) in [4.78, 5) is 2.55. The molecule has 0 radical (unpaired) electrons. The molecule has 2 aromatic rings. The van der Waals surface area contributed by atoms with Crippen LogP contribution in [0.1, 0.15) is 43.0 Å². The molecule has 1 fully saturated rings. The van der Waals surface area contributed by atoms with Gasteiger partial charge in [-0.15, -0.1) is 0 Å². The highest BCUT2D eigenvalue weighted by Gasteiger charge is 2.24. The lowest BCUT2D eigenvalue weighted by Crippen LogP contribution is -2.28. The molecule has 0 aliphatic carbocycles. The fourth-order valence-corrected chi connectivity index (χ4v) is 3.49. The summed E-state index contributed by atoms with van der Waals surface area (Å²) in [6, 6.07) is 8.65. The first kappa shape index (κ1) is 16.8. The maximum Gasteiger partial charge on any atom is 0.122 e. The van der Waals surface area contributed by atoms with E-state index in [1.165, 1.54) is 30.5 Å². The van der Waals surface area contributed by atoms with E-state index in [1.807, 2.05) is 24.0 Å². The monoisotopic (exact) mass is 329 g/mol. The summed E-state index contributed by atoms with van der Waals surface area (Å²) in [6.07, 6.45) is 7.00. The van der Waals surface area contributed by atoms with Crippen molar-refractivity contribution in [1.29, 1.82) is 0 Å². The minimum atomic E-state index is 0.380. The van der Waals surface area contributed by atoms with Crippen LogP contribution in [0.25, 0.3) is 0 Å². The number of ether oxygens (including phenoxy) is 2. The van der Waals surface area contributed by atoms with E-state index >= 15 is 0 Å². The maximum absolute atomic E-state index is 5.41. The third-order valence-electron chi connectivity index (χ3n) is 4.74. The summed E-state index contributed by atoms with van der Waals surface area (Å²) in [5, 5.41) is 4.66. The van der Waals surface area contributed by atoms with E-state index in [0.29, 0.717) is 6.04 Å². The molecule has 1 aromatic carbocycles. The molecule has 0 amide bonds. The van der Waals surface area contributed by atoms with E-state index in [0.717, 1.165) is 31.0 Å². The van der Waals surface area contributed by atoms with Crippen LogP contribution >= 0.6 is 0 Å². The summed E-state index contributed by atoms with van der Waals surface area (Å²) in [7, 11) is 5.37. The van der Waals surface area contributed by atoms with E-state index in [2.05, 4.69) is 28.2 Å². The molecule has 5 heteroatoms. The van der Waals surface area contributed by atoms with Crippen LogP contribution < -0.4 is 9.47 Å². The predicted octanol–water partition coefficient (Wildman–Crippen LogP) is 3.55. The molecule has 0 unspecified atom stereocenters. The summed E-state index contributed by atoms with van der Waals surface area (Å²) in [6.45, 7) is 1.98. The molecule has 1 aromatic heterocycles. The van der Waals surface area contributed by atoms with Gasteiger partial charge in [-0.05, 0) is 43.1 Å². The van der Waals surface area contributed by atoms with Crippen LogP contribution in [0.5, 0.6) is 11.5 Å². The van der Waals surface area contributed by atoms with Crippen molar-refractivity contribution < 1.29 is 9.47 Å². The Morgan fingerprint density at radius 2 is 1.83 bits per heavy atom. The third kappa shape index (κ3) is 3.90. The van der Waals surface area contributed by atoms with Crippen LogP contribution in [0.15, 0.2) is 30.5 Å². The zero-order chi connectivity index (χ0) is 16.9. The summed E-state index contributed by atoms with van der Waals surface area (Å²) >= 11 is 0. The van der Waals surface area contributed by atoms with Crippen LogP contribution in [0.4, 0.5) is 0 Å². The van der Waals surface area contributed by atoms with Crippen molar-refractivity contribution in [2.24, 2.45) is 7.05 Å². The van der Waals surface area contributed by atoms with Gasteiger partial charge in [0.25, 0.3) is 0 Å². The second-order valence-electron chi connectivity index (χ2n) is 6.47. The second kappa shape index (κ2) is 7.71. The van der Waals surface area contributed by atoms with Crippen molar-refractivity contribution in [3.8, 4) is 11.5 Å². The van der Waals surface area contributed by atoms with E-state index < -0.39 is 0 Å². The van der Waals surface area contributed by atoms with Crippen molar-refractivity contribution in [2.75, 3.05) is 20.8 Å². The minimum absolute atomic E-state index is 0.380. The Kier molecular flexibility index (Phi) is 5.41. The van der Waals surface area contributed by atoms with Crippen LogP contribution in [0, 0.1) is 0 Å². The molecular weight excluding hydrogens is 302 g/mol. The molecule has 0 spiro atoms. The van der Waals surface area contributed by atoms with Gasteiger partial charge in [-0.1, -0.05) is 12.8 Å². The molecule has 1 aliphatic heterocycles. The van der Waals surface area contributed by atoms with Crippen molar-refractivity contribution in [3.05, 3.63) is 41.7 Å². The predicted molar refractivity (Wildman–Crippen MR) is 94.4 cm³/mol. The molecule has 5 nitrogen and oxygen atoms in total. The number of hydrogen-bond donors (Lipinski definition) is 0. The van der Waals surface area contributed by atoms with Gasteiger partial charge >= 0.3 is 0 Å². The summed E-state index contributed by atoms with van der Waals surface area (Å²) in [5.74, 6) is 1.68. The molecule has 2 heterocycles. The normalized spacial score (nSPS) is 19.0. The largest absolute Gasteiger partial charge is 0.497 e. The van der Waals surface area contributed by atoms with Gasteiger partial charge in [0.15, 0.2) is 0 Å². The maximum atomic E-state index is 5.41. The number of rotatable bonds is 5. The van der Waals surface area contributed by atoms with Gasteiger partial charge in [-0.25, -0.2) is 0 Å². The summed E-state index contributed by atoms with van der Waals surface area (Å²) in [5.41, 5.74) is 2.39. The number of methoxy groups -OCH3 is 2. The average Bonchev–Trinajstić information content (AvgIpc) is 2.89. The standard InChI is InChI=1S/C19H27N3O2/c1-21-10-8-18(20-21)19-7-5-4-6-9-22(19)14-15-11-16(23-2)13-17(12-15)24-3/h8,10-13,19H,4-7,9,14H2,1-3H3/t19-/m1/s1. The SMILES string of the molecule is COc1cc(CN2CCCCC[C@@H]2c2ccn(C)n2)cc(OC)c1. The quantitative estimate of drug-likeness (QED) is 0.841. The molecule has 1 atom stereocenters. The van der Waals surface area contributed by atoms with Crippen LogP contribution in [-0.4, -0.2) is 35.4 Å². The number of hydrogen-bond acceptors (Lipinski definition) is 4. The van der Waals surface area contributed by atoms with Gasteiger partial charge in [-0.3, -0.25) is 9.58 Å². The Bertz CT molecular complexity index is 646. The number of benzene rings is 1. The van der Waals surface area contributed by atoms with Crippen LogP contribution in [0.2, 0.25) is 0 Å². The first-order chi connectivity index (χ1) is 11.7. The highest BCUT2D eigenvalue weighted by atomic mass is 16.5. The van der Waals surface area contributed by atoms with E-state index in [4.69, 9.17) is 9.47 Å². The lowest BCUT2D eigenvalue weighted by atomic mass is 10.1. The van der Waals surface area contributed by atoms with Gasteiger partial charge in [0, 0.05) is 25.9 Å². The van der Waals surface area contributed by atoms with Crippen molar-refractivity contribution in [2.45, 2.75) is 38.3 Å². The highest BCUT2D eigenvalue weighted by molar-refractivity contribution is 5.38. The molecule has 24 heavy (non-hydrogen) atoms. The first-order valence-corrected chi connectivity index (χ1v) is 8.65. The molecule has 3 rings (SSSR count). The second-order valence-corrected chi connectivity index (χ2v) is 6.47. The zero-order valence-electron chi connectivity index (χ0n) is 14.9. The van der Waals surface area contributed by atoms with Gasteiger partial charge in [0.05, 0.1) is 26.0 Å². The number of aromatic nitrogens is 2. The van der Waals surface area contributed by atoms with Gasteiger partial charge in [0.2, 0.25) is 0 Å². The average molecular weight is 329 g/mol. The summed E-state index contributed by atoms with van der Waals surface area (Å²) < 4.78 is 12.7. The Morgan fingerprint density at radius 1 is 1.08 bits per heavy atom. The van der Waals surface area contributed by atoms with E-state index in [9.17, 15) is 0 Å². The van der Waals surface area contributed by atoms with Gasteiger partial charge < -0.3 is 9.47 Å². The number of nitrogens with zero attached hydrogens (tertiary/aromatic N) is 3. The Balaban J connectivity index is 1.84. The van der Waals surface area contributed by atoms with Crippen molar-refractivity contribution in [1.82, 2.24) is 14.7 Å². The molecule has 1 saturated heterocycles. The lowest BCUT2D eigenvalue weighted by Gasteiger charge is -2.29. The highest BCUT2D eigenvalue weighted by Crippen LogP contribution is 2.32. The van der Waals surface area contributed by atoms with Crippen molar-refractivity contribution in [3.63, 3.8) is 0 Å². The van der Waals surface area contributed by atoms with Crippen LogP contribution in [0.3, 0.4) is 0 Å². The molecule has 1 aliphatic rings. The number of aryl methyl sites for hydroxylation is 1. The minimum Gasteiger partial charge on any atom is -0.497 e. The smallest absolute Gasteiger partial charge is 0.122 e. The molecule has 0 saturated carbocycles. The molecule has 0 N–H and O–H groups in total. The first-order valence-electron chi connectivity index (χ1n) is 8.65. The topological polar surface area (TPSA) is 39.5 Å². The fourth-order valence-electron chi connectivity index (χ4n) is 3.49. The molecule has 0 bridgehead atoms. The van der Waals surface area contributed by atoms with E-state index in [-0.39, 0.29) is 0 Å². The Morgan fingerprint density at radius 3 is 2.46 bits per heavy atom. The molecule has 130 valence electrons.